The molecule has 0 spiro atoms. The van der Waals surface area contributed by atoms with Gasteiger partial charge in [-0.05, 0) is 39.2 Å². The Morgan fingerprint density at radius 2 is 2.04 bits per heavy atom. The number of nitrogens with zero attached hydrogens (tertiary/aromatic N) is 3. The van der Waals surface area contributed by atoms with E-state index in [0.29, 0.717) is 32.5 Å². The zero-order valence-corrected chi connectivity index (χ0v) is 14.4. The second-order valence-corrected chi connectivity index (χ2v) is 6.68. The molecule has 2 aliphatic heterocycles. The smallest absolute Gasteiger partial charge is 0.308 e. The molecular weight excluding hydrogens is 310 g/mol. The van der Waals surface area contributed by atoms with Crippen LogP contribution >= 0.6 is 0 Å². The number of methoxy groups -OCH3 is 1. The molecule has 0 bridgehead atoms. The Hall–Kier alpha value is -1.89. The van der Waals surface area contributed by atoms with E-state index in [9.17, 15) is 9.59 Å². The van der Waals surface area contributed by atoms with Crippen LogP contribution in [0.1, 0.15) is 43.2 Å². The number of likely N-dealkylation sites (tertiary alicyclic amines) is 2. The highest BCUT2D eigenvalue weighted by atomic mass is 16.5. The monoisotopic (exact) mass is 335 g/mol. The highest BCUT2D eigenvalue weighted by Crippen LogP contribution is 2.32. The summed E-state index contributed by atoms with van der Waals surface area (Å²) in [6.45, 7) is 4.45. The summed E-state index contributed by atoms with van der Waals surface area (Å²) >= 11 is 0. The lowest BCUT2D eigenvalue weighted by molar-refractivity contribution is -0.149. The van der Waals surface area contributed by atoms with Gasteiger partial charge in [0.05, 0.1) is 31.3 Å². The second-order valence-electron chi connectivity index (χ2n) is 6.68. The van der Waals surface area contributed by atoms with Crippen LogP contribution in [0.2, 0.25) is 0 Å². The van der Waals surface area contributed by atoms with Crippen molar-refractivity contribution in [2.45, 2.75) is 38.6 Å². The molecule has 0 unspecified atom stereocenters. The predicted octanol–water partition coefficient (Wildman–Crippen LogP) is 1.53. The summed E-state index contributed by atoms with van der Waals surface area (Å²) < 4.78 is 10.2. The first-order valence-corrected chi connectivity index (χ1v) is 8.61. The fourth-order valence-electron chi connectivity index (χ4n) is 3.68. The summed E-state index contributed by atoms with van der Waals surface area (Å²) in [5, 5.41) is 3.96. The van der Waals surface area contributed by atoms with Crippen LogP contribution in [0.4, 0.5) is 0 Å². The SMILES string of the molecule is COC(=O)C1CCN(C(=O)CN2CCC[C@@H]2c2cc(C)no2)CC1. The van der Waals surface area contributed by atoms with E-state index in [1.165, 1.54) is 7.11 Å². The quantitative estimate of drug-likeness (QED) is 0.777. The maximum absolute atomic E-state index is 12.6. The normalized spacial score (nSPS) is 22.8. The molecule has 0 saturated carbocycles. The number of aromatic nitrogens is 1. The molecule has 132 valence electrons. The van der Waals surface area contributed by atoms with Gasteiger partial charge in [-0.1, -0.05) is 5.16 Å². The Bertz CT molecular complexity index is 592. The fourth-order valence-corrected chi connectivity index (χ4v) is 3.68. The minimum Gasteiger partial charge on any atom is -0.469 e. The molecule has 0 radical (unpaired) electrons. The van der Waals surface area contributed by atoms with Crippen LogP contribution in [0.3, 0.4) is 0 Å². The van der Waals surface area contributed by atoms with Crippen molar-refractivity contribution in [3.63, 3.8) is 0 Å². The lowest BCUT2D eigenvalue weighted by atomic mass is 9.97. The molecular formula is C17H25N3O4. The molecule has 3 rings (SSSR count). The van der Waals surface area contributed by atoms with Gasteiger partial charge in [0.25, 0.3) is 0 Å². The lowest BCUT2D eigenvalue weighted by Crippen LogP contribution is -2.45. The van der Waals surface area contributed by atoms with Gasteiger partial charge in [0.1, 0.15) is 0 Å². The molecule has 24 heavy (non-hydrogen) atoms. The molecule has 1 atom stereocenters. The number of esters is 1. The number of hydrogen-bond acceptors (Lipinski definition) is 6. The summed E-state index contributed by atoms with van der Waals surface area (Å²) in [6.07, 6.45) is 3.42. The first-order chi connectivity index (χ1) is 11.6. The van der Waals surface area contributed by atoms with Crippen molar-refractivity contribution in [3.05, 3.63) is 17.5 Å². The third kappa shape index (κ3) is 3.61. The number of amides is 1. The molecule has 2 saturated heterocycles. The number of ether oxygens (including phenoxy) is 1. The van der Waals surface area contributed by atoms with Crippen LogP contribution in [-0.4, -0.2) is 60.1 Å². The Kier molecular flexibility index (Phi) is 5.18. The third-order valence-electron chi connectivity index (χ3n) is 5.06. The summed E-state index contributed by atoms with van der Waals surface area (Å²) in [6, 6.07) is 2.10. The molecule has 2 fully saturated rings. The molecule has 1 amide bonds. The number of piperidine rings is 1. The van der Waals surface area contributed by atoms with Crippen molar-refractivity contribution in [3.8, 4) is 0 Å². The van der Waals surface area contributed by atoms with Crippen molar-refractivity contribution in [1.82, 2.24) is 15.0 Å². The van der Waals surface area contributed by atoms with Crippen LogP contribution in [-0.2, 0) is 14.3 Å². The second kappa shape index (κ2) is 7.34. The summed E-state index contributed by atoms with van der Waals surface area (Å²) in [7, 11) is 1.42. The Labute approximate surface area is 141 Å². The molecule has 1 aromatic heterocycles. The van der Waals surface area contributed by atoms with Gasteiger partial charge in [-0.2, -0.15) is 0 Å². The van der Waals surface area contributed by atoms with Gasteiger partial charge >= 0.3 is 5.97 Å². The van der Waals surface area contributed by atoms with Crippen molar-refractivity contribution in [2.24, 2.45) is 5.92 Å². The molecule has 2 aliphatic rings. The molecule has 0 aliphatic carbocycles. The highest BCUT2D eigenvalue weighted by Gasteiger charge is 2.33. The van der Waals surface area contributed by atoms with Crippen molar-refractivity contribution in [1.29, 1.82) is 0 Å². The van der Waals surface area contributed by atoms with Gasteiger partial charge in [-0.25, -0.2) is 0 Å². The maximum Gasteiger partial charge on any atom is 0.308 e. The molecule has 7 heteroatoms. The number of carbonyl (C=O) groups excluding carboxylic acids is 2. The average Bonchev–Trinajstić information content (AvgIpc) is 3.22. The van der Waals surface area contributed by atoms with Gasteiger partial charge in [0.2, 0.25) is 5.91 Å². The first-order valence-electron chi connectivity index (χ1n) is 8.61. The van der Waals surface area contributed by atoms with E-state index in [4.69, 9.17) is 9.26 Å². The highest BCUT2D eigenvalue weighted by molar-refractivity contribution is 5.79. The summed E-state index contributed by atoms with van der Waals surface area (Å²) in [5.41, 5.74) is 0.869. The number of carbonyl (C=O) groups is 2. The Morgan fingerprint density at radius 3 is 2.67 bits per heavy atom. The zero-order chi connectivity index (χ0) is 17.1. The van der Waals surface area contributed by atoms with E-state index in [1.807, 2.05) is 17.9 Å². The zero-order valence-electron chi connectivity index (χ0n) is 14.4. The maximum atomic E-state index is 12.6. The van der Waals surface area contributed by atoms with E-state index >= 15 is 0 Å². The fraction of sp³-hybridized carbons (Fsp3) is 0.706. The average molecular weight is 335 g/mol. The minimum absolute atomic E-state index is 0.0734. The van der Waals surface area contributed by atoms with E-state index in [0.717, 1.165) is 30.8 Å². The van der Waals surface area contributed by atoms with Crippen LogP contribution < -0.4 is 0 Å². The first kappa shape index (κ1) is 17.0. The van der Waals surface area contributed by atoms with Crippen LogP contribution in [0.5, 0.6) is 0 Å². The van der Waals surface area contributed by atoms with Gasteiger partial charge in [0, 0.05) is 19.2 Å². The van der Waals surface area contributed by atoms with Crippen LogP contribution in [0, 0.1) is 12.8 Å². The van der Waals surface area contributed by atoms with Gasteiger partial charge < -0.3 is 14.2 Å². The van der Waals surface area contributed by atoms with Crippen molar-refractivity contribution >= 4 is 11.9 Å². The van der Waals surface area contributed by atoms with E-state index in [1.54, 1.807) is 0 Å². The Balaban J connectivity index is 1.54. The minimum atomic E-state index is -0.164. The van der Waals surface area contributed by atoms with Gasteiger partial charge in [-0.3, -0.25) is 14.5 Å². The lowest BCUT2D eigenvalue weighted by Gasteiger charge is -2.32. The summed E-state index contributed by atoms with van der Waals surface area (Å²) in [4.78, 5) is 28.2. The molecule has 1 aromatic rings. The number of hydrogen-bond donors (Lipinski definition) is 0. The molecule has 0 aromatic carbocycles. The number of rotatable bonds is 4. The topological polar surface area (TPSA) is 75.9 Å². The predicted molar refractivity (Wildman–Crippen MR) is 86.1 cm³/mol. The van der Waals surface area contributed by atoms with E-state index < -0.39 is 0 Å². The molecule has 0 N–H and O–H groups in total. The largest absolute Gasteiger partial charge is 0.469 e. The van der Waals surface area contributed by atoms with Crippen molar-refractivity contribution in [2.75, 3.05) is 33.3 Å². The van der Waals surface area contributed by atoms with Crippen LogP contribution in [0.25, 0.3) is 0 Å². The van der Waals surface area contributed by atoms with Gasteiger partial charge in [0.15, 0.2) is 5.76 Å². The molecule has 7 nitrogen and oxygen atoms in total. The number of aryl methyl sites for hydroxylation is 1. The van der Waals surface area contributed by atoms with Crippen LogP contribution in [0.15, 0.2) is 10.6 Å². The Morgan fingerprint density at radius 1 is 1.29 bits per heavy atom. The van der Waals surface area contributed by atoms with Crippen molar-refractivity contribution < 1.29 is 18.8 Å². The van der Waals surface area contributed by atoms with E-state index in [2.05, 4.69) is 10.1 Å². The standard InChI is InChI=1S/C17H25N3O4/c1-12-10-15(24-18-12)14-4-3-7-20(14)11-16(21)19-8-5-13(6-9-19)17(22)23-2/h10,13-14H,3-9,11H2,1-2H3/t14-/m1/s1. The van der Waals surface area contributed by atoms with Gasteiger partial charge in [-0.15, -0.1) is 0 Å². The third-order valence-corrected chi connectivity index (χ3v) is 5.06. The van der Waals surface area contributed by atoms with E-state index in [-0.39, 0.29) is 23.8 Å². The summed E-state index contributed by atoms with van der Waals surface area (Å²) in [5.74, 6) is 0.738. The molecule has 3 heterocycles.